The van der Waals surface area contributed by atoms with Crippen molar-refractivity contribution in [3.05, 3.63) is 36.9 Å². The quantitative estimate of drug-likeness (QED) is 0.492. The molecule has 2 aromatic heterocycles. The number of hydrogen-bond acceptors (Lipinski definition) is 5. The van der Waals surface area contributed by atoms with Gasteiger partial charge < -0.3 is 10.1 Å². The molecule has 0 aliphatic heterocycles. The third kappa shape index (κ3) is 5.04. The van der Waals surface area contributed by atoms with Gasteiger partial charge in [-0.15, -0.1) is 22.7 Å². The summed E-state index contributed by atoms with van der Waals surface area (Å²) in [5.74, 6) is -0.340. The highest BCUT2D eigenvalue weighted by atomic mass is 32.1. The Kier molecular flexibility index (Phi) is 6.96. The van der Waals surface area contributed by atoms with Crippen LogP contribution in [-0.2, 0) is 43.4 Å². The number of hydrogen-bond donors (Lipinski definition) is 2. The molecule has 0 saturated heterocycles. The van der Waals surface area contributed by atoms with Crippen LogP contribution in [0.25, 0.3) is 0 Å². The number of thiophene rings is 2. The van der Waals surface area contributed by atoms with E-state index >= 15 is 0 Å². The number of carbonyl (C=O) groups is 2. The molecule has 2 aliphatic carbocycles. The summed E-state index contributed by atoms with van der Waals surface area (Å²) in [4.78, 5) is 30.0. The number of esters is 1. The fourth-order valence-corrected chi connectivity index (χ4v) is 7.32. The molecule has 0 fully saturated rings. The lowest BCUT2D eigenvalue weighted by molar-refractivity contribution is 0.00699. The Balaban J connectivity index is 1.51. The van der Waals surface area contributed by atoms with Gasteiger partial charge in [0, 0.05) is 21.2 Å². The van der Waals surface area contributed by atoms with Crippen molar-refractivity contribution in [2.75, 3.05) is 5.32 Å². The third-order valence-corrected chi connectivity index (χ3v) is 8.80. The number of fused-ring (bicyclic) bond motifs is 2. The van der Waals surface area contributed by atoms with E-state index in [0.29, 0.717) is 17.1 Å². The van der Waals surface area contributed by atoms with Crippen molar-refractivity contribution >= 4 is 39.7 Å². The van der Waals surface area contributed by atoms with Crippen LogP contribution in [0.15, 0.2) is 0 Å². The molecule has 4 rings (SSSR count). The summed E-state index contributed by atoms with van der Waals surface area (Å²) in [6, 6.07) is -0.258. The normalized spacial score (nSPS) is 15.6. The standard InChI is InChI=1S/C25H34N2O3S2/c1-5-18-17(15-10-6-8-12-19(15)31-18)14-26-24(29)27-22-21(23(28)30-25(2,3)4)16-11-7-9-13-20(16)32-22/h5-14H2,1-4H3,(H2,26,27,29). The lowest BCUT2D eigenvalue weighted by Crippen LogP contribution is -2.30. The molecule has 174 valence electrons. The van der Waals surface area contributed by atoms with Crippen molar-refractivity contribution in [3.63, 3.8) is 0 Å². The highest BCUT2D eigenvalue weighted by Gasteiger charge is 2.30. The molecule has 0 atom stereocenters. The van der Waals surface area contributed by atoms with Gasteiger partial charge in [-0.05, 0) is 95.2 Å². The molecule has 5 nitrogen and oxygen atoms in total. The SMILES string of the molecule is CCc1sc2c(c1CNC(=O)Nc1sc3c(c1C(=O)OC(C)(C)C)CCCC3)CCCC2. The Morgan fingerprint density at radius 1 is 0.938 bits per heavy atom. The lowest BCUT2D eigenvalue weighted by atomic mass is 9.94. The number of nitrogens with one attached hydrogen (secondary N) is 2. The molecule has 32 heavy (non-hydrogen) atoms. The maximum absolute atomic E-state index is 13.0. The van der Waals surface area contributed by atoms with E-state index in [0.717, 1.165) is 44.1 Å². The maximum atomic E-state index is 13.0. The molecule has 0 spiro atoms. The smallest absolute Gasteiger partial charge is 0.341 e. The monoisotopic (exact) mass is 474 g/mol. The summed E-state index contributed by atoms with van der Waals surface area (Å²) in [5.41, 5.74) is 3.80. The summed E-state index contributed by atoms with van der Waals surface area (Å²) in [7, 11) is 0. The van der Waals surface area contributed by atoms with Crippen LogP contribution in [0.2, 0.25) is 0 Å². The van der Waals surface area contributed by atoms with Crippen LogP contribution < -0.4 is 10.6 Å². The molecule has 0 saturated carbocycles. The predicted molar refractivity (Wildman–Crippen MR) is 132 cm³/mol. The second-order valence-corrected chi connectivity index (χ2v) is 12.0. The highest BCUT2D eigenvalue weighted by molar-refractivity contribution is 7.17. The van der Waals surface area contributed by atoms with E-state index in [4.69, 9.17) is 4.74 Å². The van der Waals surface area contributed by atoms with Crippen molar-refractivity contribution < 1.29 is 14.3 Å². The molecular formula is C25H34N2O3S2. The van der Waals surface area contributed by atoms with Crippen LogP contribution in [-0.4, -0.2) is 17.6 Å². The van der Waals surface area contributed by atoms with Crippen molar-refractivity contribution in [3.8, 4) is 0 Å². The van der Waals surface area contributed by atoms with E-state index < -0.39 is 5.60 Å². The molecule has 0 radical (unpaired) electrons. The van der Waals surface area contributed by atoms with Gasteiger partial charge in [0.1, 0.15) is 10.6 Å². The van der Waals surface area contributed by atoms with Gasteiger partial charge in [0.05, 0.1) is 5.56 Å². The van der Waals surface area contributed by atoms with E-state index in [1.165, 1.54) is 56.4 Å². The van der Waals surface area contributed by atoms with Crippen LogP contribution in [0.3, 0.4) is 0 Å². The highest BCUT2D eigenvalue weighted by Crippen LogP contribution is 2.39. The van der Waals surface area contributed by atoms with Crippen molar-refractivity contribution in [1.29, 1.82) is 0 Å². The Morgan fingerprint density at radius 2 is 1.56 bits per heavy atom. The summed E-state index contributed by atoms with van der Waals surface area (Å²) in [5, 5.41) is 6.67. The molecule has 0 unspecified atom stereocenters. The van der Waals surface area contributed by atoms with Crippen LogP contribution in [0.1, 0.15) is 95.1 Å². The van der Waals surface area contributed by atoms with Gasteiger partial charge in [-0.1, -0.05) is 6.92 Å². The topological polar surface area (TPSA) is 67.4 Å². The lowest BCUT2D eigenvalue weighted by Gasteiger charge is -2.21. The Morgan fingerprint density at radius 3 is 2.22 bits per heavy atom. The number of rotatable bonds is 5. The number of anilines is 1. The minimum Gasteiger partial charge on any atom is -0.456 e. The first-order valence-electron chi connectivity index (χ1n) is 11.8. The molecule has 7 heteroatoms. The summed E-state index contributed by atoms with van der Waals surface area (Å²) >= 11 is 3.44. The summed E-state index contributed by atoms with van der Waals surface area (Å²) in [6.07, 6.45) is 9.78. The van der Waals surface area contributed by atoms with Gasteiger partial charge in [0.15, 0.2) is 0 Å². The number of amides is 2. The maximum Gasteiger partial charge on any atom is 0.341 e. The fourth-order valence-electron chi connectivity index (χ4n) is 4.69. The van der Waals surface area contributed by atoms with Gasteiger partial charge in [0.2, 0.25) is 0 Å². The van der Waals surface area contributed by atoms with Crippen molar-refractivity contribution in [2.24, 2.45) is 0 Å². The van der Waals surface area contributed by atoms with Gasteiger partial charge in [-0.2, -0.15) is 0 Å². The minimum atomic E-state index is -0.575. The zero-order valence-corrected chi connectivity index (χ0v) is 21.2. The van der Waals surface area contributed by atoms with Crippen molar-refractivity contribution in [2.45, 2.75) is 97.6 Å². The van der Waals surface area contributed by atoms with E-state index in [9.17, 15) is 9.59 Å². The predicted octanol–water partition coefficient (Wildman–Crippen LogP) is 6.41. The number of urea groups is 1. The van der Waals surface area contributed by atoms with E-state index in [-0.39, 0.29) is 12.0 Å². The first-order valence-corrected chi connectivity index (χ1v) is 13.4. The third-order valence-electron chi connectivity index (χ3n) is 6.11. The molecule has 2 N–H and O–H groups in total. The van der Waals surface area contributed by atoms with Gasteiger partial charge in [-0.25, -0.2) is 9.59 Å². The first kappa shape index (κ1) is 23.3. The number of carbonyl (C=O) groups excluding carboxylic acids is 2. The second-order valence-electron chi connectivity index (χ2n) is 9.69. The van der Waals surface area contributed by atoms with E-state index in [1.807, 2.05) is 32.1 Å². The minimum absolute atomic E-state index is 0.258. The van der Waals surface area contributed by atoms with Crippen LogP contribution in [0, 0.1) is 0 Å². The molecule has 2 aromatic rings. The Hall–Kier alpha value is -1.86. The molecule has 2 amide bonds. The van der Waals surface area contributed by atoms with Gasteiger partial charge in [0.25, 0.3) is 0 Å². The average Bonchev–Trinajstić information content (AvgIpc) is 3.28. The Labute approximate surface area is 198 Å². The zero-order chi connectivity index (χ0) is 22.9. The molecule has 2 heterocycles. The Bertz CT molecular complexity index is 1010. The van der Waals surface area contributed by atoms with Crippen LogP contribution in [0.4, 0.5) is 9.80 Å². The average molecular weight is 475 g/mol. The van der Waals surface area contributed by atoms with Gasteiger partial charge >= 0.3 is 12.0 Å². The molecule has 0 aromatic carbocycles. The first-order chi connectivity index (χ1) is 15.3. The summed E-state index contributed by atoms with van der Waals surface area (Å²) in [6.45, 7) is 8.33. The summed E-state index contributed by atoms with van der Waals surface area (Å²) < 4.78 is 5.68. The fraction of sp³-hybridized carbons (Fsp3) is 0.600. The molecule has 0 bridgehead atoms. The molecular weight excluding hydrogens is 440 g/mol. The van der Waals surface area contributed by atoms with Gasteiger partial charge in [-0.3, -0.25) is 5.32 Å². The number of ether oxygens (including phenoxy) is 1. The second kappa shape index (κ2) is 9.56. The van der Waals surface area contributed by atoms with Crippen LogP contribution >= 0.6 is 22.7 Å². The van der Waals surface area contributed by atoms with E-state index in [2.05, 4.69) is 17.6 Å². The van der Waals surface area contributed by atoms with Crippen LogP contribution in [0.5, 0.6) is 0 Å². The van der Waals surface area contributed by atoms with Crippen molar-refractivity contribution in [1.82, 2.24) is 5.32 Å². The molecule has 2 aliphatic rings. The zero-order valence-electron chi connectivity index (χ0n) is 19.6. The largest absolute Gasteiger partial charge is 0.456 e. The number of aryl methyl sites for hydroxylation is 3. The van der Waals surface area contributed by atoms with E-state index in [1.54, 1.807) is 0 Å².